The Bertz CT molecular complexity index is 772. The topological polar surface area (TPSA) is 59.3 Å². The number of rotatable bonds is 6. The summed E-state index contributed by atoms with van der Waals surface area (Å²) in [4.78, 5) is 11.9. The van der Waals surface area contributed by atoms with Gasteiger partial charge in [0.25, 0.3) is 0 Å². The molecule has 23 heavy (non-hydrogen) atoms. The second-order valence-corrected chi connectivity index (χ2v) is 5.13. The minimum atomic E-state index is -0.573. The summed E-state index contributed by atoms with van der Waals surface area (Å²) in [5.41, 5.74) is 0.792. The summed E-state index contributed by atoms with van der Waals surface area (Å²) >= 11 is 0. The lowest BCUT2D eigenvalue weighted by Crippen LogP contribution is -2.07. The molecule has 0 aliphatic carbocycles. The van der Waals surface area contributed by atoms with Gasteiger partial charge in [-0.2, -0.15) is 5.26 Å². The first-order valence-electron chi connectivity index (χ1n) is 7.54. The van der Waals surface area contributed by atoms with Gasteiger partial charge in [0, 0.05) is 0 Å². The maximum absolute atomic E-state index is 11.9. The Morgan fingerprint density at radius 2 is 1.96 bits per heavy atom. The van der Waals surface area contributed by atoms with Gasteiger partial charge in [0.05, 0.1) is 13.7 Å². The van der Waals surface area contributed by atoms with Crippen molar-refractivity contribution >= 4 is 22.8 Å². The van der Waals surface area contributed by atoms with Crippen LogP contribution < -0.4 is 4.74 Å². The lowest BCUT2D eigenvalue weighted by molar-refractivity contribution is -0.138. The van der Waals surface area contributed by atoms with Gasteiger partial charge in [-0.1, -0.05) is 31.5 Å². The van der Waals surface area contributed by atoms with Gasteiger partial charge < -0.3 is 9.47 Å². The molecule has 0 aromatic heterocycles. The van der Waals surface area contributed by atoms with Crippen molar-refractivity contribution in [1.82, 2.24) is 0 Å². The average Bonchev–Trinajstić information content (AvgIpc) is 2.59. The molecule has 0 saturated carbocycles. The number of fused-ring (bicyclic) bond motifs is 1. The zero-order chi connectivity index (χ0) is 16.7. The maximum atomic E-state index is 11.9. The molecule has 0 bridgehead atoms. The van der Waals surface area contributed by atoms with Crippen LogP contribution in [0.25, 0.3) is 16.8 Å². The van der Waals surface area contributed by atoms with Crippen molar-refractivity contribution in [2.24, 2.45) is 0 Å². The van der Waals surface area contributed by atoms with Gasteiger partial charge in [0.2, 0.25) is 0 Å². The van der Waals surface area contributed by atoms with Gasteiger partial charge in [-0.05, 0) is 47.0 Å². The summed E-state index contributed by atoms with van der Waals surface area (Å²) in [5.74, 6) is 0.216. The summed E-state index contributed by atoms with van der Waals surface area (Å²) in [6.45, 7) is 2.35. The third kappa shape index (κ3) is 4.33. The number of unbranched alkanes of at least 4 members (excludes halogenated alkanes) is 1. The Hall–Kier alpha value is -2.80. The molecule has 0 radical (unpaired) electrons. The van der Waals surface area contributed by atoms with E-state index in [1.807, 2.05) is 49.4 Å². The van der Waals surface area contributed by atoms with Crippen LogP contribution in [0.15, 0.2) is 42.0 Å². The molecule has 0 aliphatic heterocycles. The van der Waals surface area contributed by atoms with E-state index in [2.05, 4.69) is 0 Å². The number of carbonyl (C=O) groups is 1. The molecule has 0 atom stereocenters. The molecule has 118 valence electrons. The molecule has 2 aromatic carbocycles. The van der Waals surface area contributed by atoms with Crippen molar-refractivity contribution in [2.75, 3.05) is 13.7 Å². The van der Waals surface area contributed by atoms with Crippen LogP contribution in [0.1, 0.15) is 25.3 Å². The molecule has 0 unspecified atom stereocenters. The number of ether oxygens (including phenoxy) is 2. The first-order chi connectivity index (χ1) is 11.2. The summed E-state index contributed by atoms with van der Waals surface area (Å²) in [6, 6.07) is 13.4. The number of carbonyl (C=O) groups excluding carboxylic acids is 1. The minimum absolute atomic E-state index is 0.00830. The molecule has 0 saturated heterocycles. The summed E-state index contributed by atoms with van der Waals surface area (Å²) in [6.07, 6.45) is 3.28. The zero-order valence-corrected chi connectivity index (χ0v) is 13.3. The fourth-order valence-electron chi connectivity index (χ4n) is 2.15. The number of hydrogen-bond donors (Lipinski definition) is 0. The van der Waals surface area contributed by atoms with Gasteiger partial charge >= 0.3 is 5.97 Å². The molecule has 4 nitrogen and oxygen atoms in total. The van der Waals surface area contributed by atoms with E-state index in [0.29, 0.717) is 6.61 Å². The maximum Gasteiger partial charge on any atom is 0.348 e. The Kier molecular flexibility index (Phi) is 5.76. The minimum Gasteiger partial charge on any atom is -0.497 e. The molecule has 2 rings (SSSR count). The number of hydrogen-bond acceptors (Lipinski definition) is 4. The molecule has 2 aromatic rings. The normalized spacial score (nSPS) is 11.1. The van der Waals surface area contributed by atoms with Crippen molar-refractivity contribution in [3.05, 3.63) is 47.5 Å². The summed E-state index contributed by atoms with van der Waals surface area (Å²) in [5, 5.41) is 11.2. The van der Waals surface area contributed by atoms with E-state index in [4.69, 9.17) is 14.7 Å². The van der Waals surface area contributed by atoms with Crippen LogP contribution in [0.3, 0.4) is 0 Å². The van der Waals surface area contributed by atoms with E-state index in [1.54, 1.807) is 13.2 Å². The molecule has 0 fully saturated rings. The van der Waals surface area contributed by atoms with Crippen molar-refractivity contribution in [3.63, 3.8) is 0 Å². The highest BCUT2D eigenvalue weighted by atomic mass is 16.5. The first-order valence-corrected chi connectivity index (χ1v) is 7.54. The third-order valence-electron chi connectivity index (χ3n) is 3.45. The highest BCUT2D eigenvalue weighted by Crippen LogP contribution is 2.23. The van der Waals surface area contributed by atoms with Crippen molar-refractivity contribution in [1.29, 1.82) is 5.26 Å². The molecule has 0 heterocycles. The van der Waals surface area contributed by atoms with Crippen LogP contribution in [-0.2, 0) is 9.53 Å². The monoisotopic (exact) mass is 309 g/mol. The molecule has 0 aliphatic rings. The predicted molar refractivity (Wildman–Crippen MR) is 90.0 cm³/mol. The van der Waals surface area contributed by atoms with E-state index < -0.39 is 5.97 Å². The zero-order valence-electron chi connectivity index (χ0n) is 13.3. The van der Waals surface area contributed by atoms with E-state index >= 15 is 0 Å². The lowest BCUT2D eigenvalue weighted by Gasteiger charge is -2.05. The number of benzene rings is 2. The van der Waals surface area contributed by atoms with Gasteiger partial charge in [0.1, 0.15) is 17.4 Å². The van der Waals surface area contributed by atoms with E-state index in [9.17, 15) is 4.79 Å². The smallest absolute Gasteiger partial charge is 0.348 e. The fourth-order valence-corrected chi connectivity index (χ4v) is 2.15. The van der Waals surface area contributed by atoms with Crippen LogP contribution in [0.2, 0.25) is 0 Å². The second-order valence-electron chi connectivity index (χ2n) is 5.13. The quantitative estimate of drug-likeness (QED) is 0.349. The van der Waals surface area contributed by atoms with E-state index in [0.717, 1.165) is 34.9 Å². The van der Waals surface area contributed by atoms with Gasteiger partial charge in [-0.25, -0.2) is 4.79 Å². The van der Waals surface area contributed by atoms with Gasteiger partial charge in [0.15, 0.2) is 0 Å². The summed E-state index contributed by atoms with van der Waals surface area (Å²) < 4.78 is 10.3. The number of methoxy groups -OCH3 is 1. The average molecular weight is 309 g/mol. The lowest BCUT2D eigenvalue weighted by atomic mass is 10.0. The number of nitrogens with zero attached hydrogens (tertiary/aromatic N) is 1. The van der Waals surface area contributed by atoms with Crippen LogP contribution >= 0.6 is 0 Å². The van der Waals surface area contributed by atoms with Crippen molar-refractivity contribution in [3.8, 4) is 11.8 Å². The molecule has 4 heteroatoms. The Morgan fingerprint density at radius 3 is 2.65 bits per heavy atom. The largest absolute Gasteiger partial charge is 0.497 e. The van der Waals surface area contributed by atoms with E-state index in [1.165, 1.54) is 0 Å². The van der Waals surface area contributed by atoms with Crippen LogP contribution in [0, 0.1) is 11.3 Å². The van der Waals surface area contributed by atoms with Crippen LogP contribution in [0.4, 0.5) is 0 Å². The number of nitriles is 1. The third-order valence-corrected chi connectivity index (χ3v) is 3.45. The standard InChI is InChI=1S/C19H19NO3/c1-3-4-9-23-19(21)17(13-20)11-14-5-6-16-12-18(22-2)8-7-15(16)10-14/h5-8,10-12H,3-4,9H2,1-2H3/b17-11+. The number of esters is 1. The highest BCUT2D eigenvalue weighted by Gasteiger charge is 2.10. The highest BCUT2D eigenvalue weighted by molar-refractivity contribution is 5.98. The van der Waals surface area contributed by atoms with Gasteiger partial charge in [-0.15, -0.1) is 0 Å². The molecule has 0 spiro atoms. The Balaban J connectivity index is 2.24. The summed E-state index contributed by atoms with van der Waals surface area (Å²) in [7, 11) is 1.63. The molecular weight excluding hydrogens is 290 g/mol. The van der Waals surface area contributed by atoms with Crippen molar-refractivity contribution < 1.29 is 14.3 Å². The van der Waals surface area contributed by atoms with Gasteiger partial charge in [-0.3, -0.25) is 0 Å². The molecular formula is C19H19NO3. The SMILES string of the molecule is CCCCOC(=O)/C(C#N)=C/c1ccc2cc(OC)ccc2c1. The molecule has 0 amide bonds. The Morgan fingerprint density at radius 1 is 1.22 bits per heavy atom. The molecule has 0 N–H and O–H groups in total. The van der Waals surface area contributed by atoms with Crippen LogP contribution in [0.5, 0.6) is 5.75 Å². The first kappa shape index (κ1) is 16.6. The Labute approximate surface area is 135 Å². The van der Waals surface area contributed by atoms with Crippen LogP contribution in [-0.4, -0.2) is 19.7 Å². The fraction of sp³-hybridized carbons (Fsp3) is 0.263. The predicted octanol–water partition coefficient (Wildman–Crippen LogP) is 4.10. The van der Waals surface area contributed by atoms with Crippen molar-refractivity contribution in [2.45, 2.75) is 19.8 Å². The second kappa shape index (κ2) is 8.00. The van der Waals surface area contributed by atoms with E-state index in [-0.39, 0.29) is 5.57 Å².